The number of aliphatic hydroxyl groups excluding tert-OH is 1. The predicted octanol–water partition coefficient (Wildman–Crippen LogP) is 3.98. The van der Waals surface area contributed by atoms with Crippen molar-refractivity contribution in [1.29, 1.82) is 0 Å². The van der Waals surface area contributed by atoms with Gasteiger partial charge in [0.15, 0.2) is 0 Å². The Morgan fingerprint density at radius 2 is 2.11 bits per heavy atom. The molecule has 1 N–H and O–H groups in total. The number of halogens is 2. The molecule has 5 heteroatoms. The molecule has 0 bridgehead atoms. The maximum absolute atomic E-state index is 11.5. The molecule has 1 atom stereocenters. The maximum atomic E-state index is 11.5. The molecule has 0 aliphatic heterocycles. The fraction of sp³-hybridized carbons (Fsp3) is 0.462. The Morgan fingerprint density at radius 1 is 1.39 bits per heavy atom. The smallest absolute Gasteiger partial charge is 0.308 e. The average molecular weight is 380 g/mol. The van der Waals surface area contributed by atoms with E-state index < -0.39 is 6.10 Å². The molecule has 0 radical (unpaired) electrons. The standard InChI is InChI=1S/C13H16Br2O3/c1-2-3-6-18-13(17)8-12(16)9-4-5-10(14)11(15)7-9/h4-5,7,12,16H,2-3,6,8H2,1H3. The lowest BCUT2D eigenvalue weighted by Gasteiger charge is -2.11. The first-order chi connectivity index (χ1) is 8.54. The summed E-state index contributed by atoms with van der Waals surface area (Å²) in [4.78, 5) is 11.5. The molecule has 1 rings (SSSR count). The fourth-order valence-corrected chi connectivity index (χ4v) is 2.03. The van der Waals surface area contributed by atoms with E-state index in [1.54, 1.807) is 12.1 Å². The van der Waals surface area contributed by atoms with Crippen LogP contribution in [0.4, 0.5) is 0 Å². The molecule has 1 aromatic carbocycles. The number of rotatable bonds is 6. The van der Waals surface area contributed by atoms with E-state index in [2.05, 4.69) is 31.9 Å². The molecule has 18 heavy (non-hydrogen) atoms. The van der Waals surface area contributed by atoms with E-state index in [0.717, 1.165) is 21.8 Å². The zero-order chi connectivity index (χ0) is 13.5. The largest absolute Gasteiger partial charge is 0.466 e. The highest BCUT2D eigenvalue weighted by Gasteiger charge is 2.14. The molecular weight excluding hydrogens is 364 g/mol. The van der Waals surface area contributed by atoms with Gasteiger partial charge in [-0.25, -0.2) is 0 Å². The average Bonchev–Trinajstić information content (AvgIpc) is 2.33. The van der Waals surface area contributed by atoms with Crippen LogP contribution in [-0.2, 0) is 9.53 Å². The first-order valence-corrected chi connectivity index (χ1v) is 7.41. The molecule has 0 aromatic heterocycles. The van der Waals surface area contributed by atoms with E-state index in [1.165, 1.54) is 0 Å². The van der Waals surface area contributed by atoms with Crippen LogP contribution in [0.3, 0.4) is 0 Å². The van der Waals surface area contributed by atoms with E-state index in [0.29, 0.717) is 12.2 Å². The molecule has 3 nitrogen and oxygen atoms in total. The molecule has 1 aromatic rings. The van der Waals surface area contributed by atoms with Crippen molar-refractivity contribution in [3.8, 4) is 0 Å². The van der Waals surface area contributed by atoms with Crippen molar-refractivity contribution in [3.05, 3.63) is 32.7 Å². The lowest BCUT2D eigenvalue weighted by Crippen LogP contribution is -2.11. The van der Waals surface area contributed by atoms with Crippen LogP contribution in [0.25, 0.3) is 0 Å². The lowest BCUT2D eigenvalue weighted by molar-refractivity contribution is -0.146. The first kappa shape index (κ1) is 15.7. The SMILES string of the molecule is CCCCOC(=O)CC(O)c1ccc(Br)c(Br)c1. The topological polar surface area (TPSA) is 46.5 Å². The highest BCUT2D eigenvalue weighted by molar-refractivity contribution is 9.13. The van der Waals surface area contributed by atoms with Crippen LogP contribution in [0.5, 0.6) is 0 Å². The van der Waals surface area contributed by atoms with E-state index in [4.69, 9.17) is 4.74 Å². The van der Waals surface area contributed by atoms with Gasteiger partial charge in [-0.15, -0.1) is 0 Å². The predicted molar refractivity (Wildman–Crippen MR) is 77.3 cm³/mol. The monoisotopic (exact) mass is 378 g/mol. The summed E-state index contributed by atoms with van der Waals surface area (Å²) in [7, 11) is 0. The third kappa shape index (κ3) is 5.08. The molecule has 0 saturated heterocycles. The van der Waals surface area contributed by atoms with Crippen molar-refractivity contribution in [2.45, 2.75) is 32.3 Å². The number of unbranched alkanes of at least 4 members (excludes halogenated alkanes) is 1. The minimum Gasteiger partial charge on any atom is -0.466 e. The third-order valence-electron chi connectivity index (χ3n) is 2.45. The van der Waals surface area contributed by atoms with Gasteiger partial charge in [-0.1, -0.05) is 19.4 Å². The summed E-state index contributed by atoms with van der Waals surface area (Å²) in [5, 5.41) is 9.93. The summed E-state index contributed by atoms with van der Waals surface area (Å²) in [5.41, 5.74) is 0.692. The van der Waals surface area contributed by atoms with Gasteiger partial charge in [0.25, 0.3) is 0 Å². The Bertz CT molecular complexity index is 407. The van der Waals surface area contributed by atoms with E-state index >= 15 is 0 Å². The molecule has 0 amide bonds. The molecule has 0 aliphatic rings. The highest BCUT2D eigenvalue weighted by Crippen LogP contribution is 2.27. The molecule has 1 unspecified atom stereocenters. The quantitative estimate of drug-likeness (QED) is 0.600. The zero-order valence-electron chi connectivity index (χ0n) is 10.2. The Balaban J connectivity index is 2.51. The van der Waals surface area contributed by atoms with Crippen molar-refractivity contribution in [2.75, 3.05) is 6.61 Å². The summed E-state index contributed by atoms with van der Waals surface area (Å²) in [6.45, 7) is 2.45. The fourth-order valence-electron chi connectivity index (χ4n) is 1.38. The number of benzene rings is 1. The van der Waals surface area contributed by atoms with Crippen molar-refractivity contribution in [2.24, 2.45) is 0 Å². The van der Waals surface area contributed by atoms with Crippen LogP contribution >= 0.6 is 31.9 Å². The second-order valence-electron chi connectivity index (χ2n) is 3.97. The second-order valence-corrected chi connectivity index (χ2v) is 5.68. The zero-order valence-corrected chi connectivity index (χ0v) is 13.3. The molecule has 0 heterocycles. The molecule has 0 spiro atoms. The van der Waals surface area contributed by atoms with Gasteiger partial charge >= 0.3 is 5.97 Å². The van der Waals surface area contributed by atoms with Gasteiger partial charge in [-0.05, 0) is 56.0 Å². The number of carbonyl (C=O) groups is 1. The van der Waals surface area contributed by atoms with Crippen LogP contribution in [-0.4, -0.2) is 17.7 Å². The van der Waals surface area contributed by atoms with Gasteiger partial charge in [0, 0.05) is 8.95 Å². The van der Waals surface area contributed by atoms with E-state index in [1.807, 2.05) is 13.0 Å². The van der Waals surface area contributed by atoms with E-state index in [9.17, 15) is 9.90 Å². The molecule has 100 valence electrons. The van der Waals surface area contributed by atoms with Gasteiger partial charge in [0.05, 0.1) is 19.1 Å². The van der Waals surface area contributed by atoms with Gasteiger partial charge in [-0.2, -0.15) is 0 Å². The summed E-state index contributed by atoms with van der Waals surface area (Å²) >= 11 is 6.71. The summed E-state index contributed by atoms with van der Waals surface area (Å²) in [6.07, 6.45) is 0.988. The van der Waals surface area contributed by atoms with Crippen LogP contribution in [0, 0.1) is 0 Å². The molecular formula is C13H16Br2O3. The van der Waals surface area contributed by atoms with Gasteiger partial charge in [0.2, 0.25) is 0 Å². The summed E-state index contributed by atoms with van der Waals surface area (Å²) in [6, 6.07) is 5.39. The van der Waals surface area contributed by atoms with Gasteiger partial charge in [-0.3, -0.25) is 4.79 Å². The Morgan fingerprint density at radius 3 is 2.72 bits per heavy atom. The van der Waals surface area contributed by atoms with Gasteiger partial charge < -0.3 is 9.84 Å². The Labute approximate surface area is 124 Å². The molecule has 0 aliphatic carbocycles. The lowest BCUT2D eigenvalue weighted by atomic mass is 10.1. The number of ether oxygens (including phenoxy) is 1. The second kappa shape index (κ2) is 7.92. The van der Waals surface area contributed by atoms with Crippen LogP contribution < -0.4 is 0 Å². The third-order valence-corrected chi connectivity index (χ3v) is 4.33. The van der Waals surface area contributed by atoms with Crippen LogP contribution in [0.15, 0.2) is 27.1 Å². The van der Waals surface area contributed by atoms with Crippen molar-refractivity contribution >= 4 is 37.8 Å². The number of hydrogen-bond donors (Lipinski definition) is 1. The van der Waals surface area contributed by atoms with Gasteiger partial charge in [0.1, 0.15) is 0 Å². The summed E-state index contributed by atoms with van der Waals surface area (Å²) in [5.74, 6) is -0.366. The minimum atomic E-state index is -0.830. The van der Waals surface area contributed by atoms with E-state index in [-0.39, 0.29) is 12.4 Å². The van der Waals surface area contributed by atoms with Crippen LogP contribution in [0.1, 0.15) is 37.9 Å². The Hall–Kier alpha value is -0.390. The number of hydrogen-bond acceptors (Lipinski definition) is 3. The number of aliphatic hydroxyl groups is 1. The number of carbonyl (C=O) groups excluding carboxylic acids is 1. The van der Waals surface area contributed by atoms with Crippen molar-refractivity contribution in [3.63, 3.8) is 0 Å². The Kier molecular flexibility index (Phi) is 6.89. The maximum Gasteiger partial charge on any atom is 0.308 e. The van der Waals surface area contributed by atoms with Crippen molar-refractivity contribution in [1.82, 2.24) is 0 Å². The molecule has 0 saturated carbocycles. The van der Waals surface area contributed by atoms with Crippen LogP contribution in [0.2, 0.25) is 0 Å². The normalized spacial score (nSPS) is 12.2. The molecule has 0 fully saturated rings. The number of esters is 1. The minimum absolute atomic E-state index is 0.0161. The summed E-state index contributed by atoms with van der Waals surface area (Å²) < 4.78 is 6.76. The highest BCUT2D eigenvalue weighted by atomic mass is 79.9. The first-order valence-electron chi connectivity index (χ1n) is 5.83. The van der Waals surface area contributed by atoms with Crippen molar-refractivity contribution < 1.29 is 14.6 Å².